The lowest BCUT2D eigenvalue weighted by molar-refractivity contribution is -0.137. The Kier molecular flexibility index (Phi) is 2.64. The summed E-state index contributed by atoms with van der Waals surface area (Å²) in [6, 6.07) is 3.81. The van der Waals surface area contributed by atoms with Gasteiger partial charge >= 0.3 is 6.18 Å². The fraction of sp³-hybridized carbons (Fsp3) is 0.400. The molecule has 0 saturated carbocycles. The molecule has 1 saturated heterocycles. The molecule has 16 heavy (non-hydrogen) atoms. The van der Waals surface area contributed by atoms with E-state index in [2.05, 4.69) is 5.32 Å². The zero-order valence-electron chi connectivity index (χ0n) is 8.24. The van der Waals surface area contributed by atoms with Crippen LogP contribution in [0.25, 0.3) is 0 Å². The van der Waals surface area contributed by atoms with Crippen LogP contribution in [0.4, 0.5) is 13.2 Å². The van der Waals surface area contributed by atoms with E-state index in [1.807, 2.05) is 0 Å². The molecule has 2 nitrogen and oxygen atoms in total. The van der Waals surface area contributed by atoms with Crippen LogP contribution in [0.5, 0.6) is 0 Å². The van der Waals surface area contributed by atoms with E-state index in [1.54, 1.807) is 6.07 Å². The summed E-state index contributed by atoms with van der Waals surface area (Å²) in [5.74, 6) is 0. The first-order chi connectivity index (χ1) is 7.33. The van der Waals surface area contributed by atoms with E-state index in [1.165, 1.54) is 6.07 Å². The van der Waals surface area contributed by atoms with E-state index in [-0.39, 0.29) is 5.02 Å². The van der Waals surface area contributed by atoms with Crippen LogP contribution in [0.2, 0.25) is 5.02 Å². The van der Waals surface area contributed by atoms with Gasteiger partial charge in [-0.1, -0.05) is 17.7 Å². The van der Waals surface area contributed by atoms with Crippen LogP contribution in [-0.2, 0) is 11.7 Å². The monoisotopic (exact) mass is 250 g/mol. The minimum atomic E-state index is -4.44. The first kappa shape index (κ1) is 11.7. The molecule has 3 N–H and O–H groups in total. The van der Waals surface area contributed by atoms with Crippen molar-refractivity contribution in [2.75, 3.05) is 13.1 Å². The average molecular weight is 251 g/mol. The minimum Gasteiger partial charge on any atom is -0.319 e. The number of hydrogen-bond donors (Lipinski definition) is 2. The molecule has 1 heterocycles. The first-order valence-electron chi connectivity index (χ1n) is 4.70. The van der Waals surface area contributed by atoms with Crippen molar-refractivity contribution >= 4 is 11.6 Å². The van der Waals surface area contributed by atoms with Crippen LogP contribution < -0.4 is 11.1 Å². The summed E-state index contributed by atoms with van der Waals surface area (Å²) >= 11 is 5.52. The molecule has 1 aliphatic rings. The van der Waals surface area contributed by atoms with Gasteiger partial charge in [0.1, 0.15) is 0 Å². The number of alkyl halides is 3. The van der Waals surface area contributed by atoms with Gasteiger partial charge in [0, 0.05) is 13.1 Å². The Morgan fingerprint density at radius 2 is 1.94 bits per heavy atom. The SMILES string of the molecule is NC1(c2ccc(Cl)c(C(F)(F)F)c2)CNC1. The quantitative estimate of drug-likeness (QED) is 0.801. The van der Waals surface area contributed by atoms with Crippen molar-refractivity contribution in [2.45, 2.75) is 11.7 Å². The summed E-state index contributed by atoms with van der Waals surface area (Å²) < 4.78 is 37.8. The second-order valence-electron chi connectivity index (χ2n) is 3.95. The molecule has 0 aromatic heterocycles. The van der Waals surface area contributed by atoms with Crippen LogP contribution in [0.15, 0.2) is 18.2 Å². The minimum absolute atomic E-state index is 0.299. The summed E-state index contributed by atoms with van der Waals surface area (Å²) in [6.07, 6.45) is -4.44. The summed E-state index contributed by atoms with van der Waals surface area (Å²) in [4.78, 5) is 0. The Morgan fingerprint density at radius 1 is 1.31 bits per heavy atom. The molecule has 0 atom stereocenters. The number of halogens is 4. The van der Waals surface area contributed by atoms with Gasteiger partial charge < -0.3 is 11.1 Å². The van der Waals surface area contributed by atoms with Gasteiger partial charge in [-0.2, -0.15) is 13.2 Å². The van der Waals surface area contributed by atoms with Gasteiger partial charge in [-0.3, -0.25) is 0 Å². The predicted octanol–water partition coefficient (Wildman–Crippen LogP) is 2.12. The smallest absolute Gasteiger partial charge is 0.319 e. The highest BCUT2D eigenvalue weighted by molar-refractivity contribution is 6.31. The first-order valence-corrected chi connectivity index (χ1v) is 5.07. The van der Waals surface area contributed by atoms with E-state index in [4.69, 9.17) is 17.3 Å². The van der Waals surface area contributed by atoms with Gasteiger partial charge in [-0.15, -0.1) is 0 Å². The Balaban J connectivity index is 2.43. The molecule has 2 rings (SSSR count). The third kappa shape index (κ3) is 1.90. The fourth-order valence-corrected chi connectivity index (χ4v) is 1.88. The van der Waals surface area contributed by atoms with Gasteiger partial charge in [0.15, 0.2) is 0 Å². The Bertz CT molecular complexity index is 413. The van der Waals surface area contributed by atoms with Crippen molar-refractivity contribution in [3.8, 4) is 0 Å². The summed E-state index contributed by atoms with van der Waals surface area (Å²) in [5.41, 5.74) is 4.84. The largest absolute Gasteiger partial charge is 0.417 e. The van der Waals surface area contributed by atoms with Gasteiger partial charge in [0.25, 0.3) is 0 Å². The van der Waals surface area contributed by atoms with Crippen molar-refractivity contribution in [1.29, 1.82) is 0 Å². The van der Waals surface area contributed by atoms with Gasteiger partial charge in [-0.25, -0.2) is 0 Å². The molecule has 6 heteroatoms. The number of benzene rings is 1. The molecule has 1 aromatic rings. The standard InChI is InChI=1S/C10H10ClF3N2/c11-8-2-1-6(9(15)4-16-5-9)3-7(8)10(12,13)14/h1-3,16H,4-5,15H2. The highest BCUT2D eigenvalue weighted by Crippen LogP contribution is 2.37. The molecule has 0 aliphatic carbocycles. The molecule has 88 valence electrons. The van der Waals surface area contributed by atoms with E-state index in [0.717, 1.165) is 6.07 Å². The maximum atomic E-state index is 12.6. The second kappa shape index (κ2) is 3.61. The lowest BCUT2D eigenvalue weighted by atomic mass is 9.84. The fourth-order valence-electron chi connectivity index (χ4n) is 1.65. The number of rotatable bonds is 1. The van der Waals surface area contributed by atoms with Crippen molar-refractivity contribution in [2.24, 2.45) is 5.73 Å². The van der Waals surface area contributed by atoms with Crippen molar-refractivity contribution < 1.29 is 13.2 Å². The third-order valence-electron chi connectivity index (χ3n) is 2.73. The molecule has 1 fully saturated rings. The molecule has 0 radical (unpaired) electrons. The van der Waals surface area contributed by atoms with Crippen LogP contribution in [0.3, 0.4) is 0 Å². The topological polar surface area (TPSA) is 38.0 Å². The maximum Gasteiger partial charge on any atom is 0.417 e. The van der Waals surface area contributed by atoms with Crippen LogP contribution in [0.1, 0.15) is 11.1 Å². The molecule has 1 aliphatic heterocycles. The van der Waals surface area contributed by atoms with Crippen LogP contribution in [0, 0.1) is 0 Å². The number of nitrogens with two attached hydrogens (primary N) is 1. The summed E-state index contributed by atoms with van der Waals surface area (Å²) in [7, 11) is 0. The van der Waals surface area contributed by atoms with E-state index < -0.39 is 17.3 Å². The molecule has 0 unspecified atom stereocenters. The second-order valence-corrected chi connectivity index (χ2v) is 4.36. The normalized spacial score (nSPS) is 19.3. The third-order valence-corrected chi connectivity index (χ3v) is 3.06. The Hall–Kier alpha value is -0.780. The van der Waals surface area contributed by atoms with Crippen molar-refractivity contribution in [3.05, 3.63) is 34.3 Å². The Labute approximate surface area is 95.6 Å². The van der Waals surface area contributed by atoms with Gasteiger partial charge in [0.2, 0.25) is 0 Å². The zero-order chi connectivity index (χ0) is 12.0. The molecular weight excluding hydrogens is 241 g/mol. The number of hydrogen-bond acceptors (Lipinski definition) is 2. The van der Waals surface area contributed by atoms with E-state index in [0.29, 0.717) is 18.7 Å². The Morgan fingerprint density at radius 3 is 2.38 bits per heavy atom. The van der Waals surface area contributed by atoms with Crippen LogP contribution >= 0.6 is 11.6 Å². The maximum absolute atomic E-state index is 12.6. The van der Waals surface area contributed by atoms with Gasteiger partial charge in [0.05, 0.1) is 16.1 Å². The lowest BCUT2D eigenvalue weighted by Gasteiger charge is -2.39. The predicted molar refractivity (Wildman–Crippen MR) is 55.2 cm³/mol. The van der Waals surface area contributed by atoms with Crippen molar-refractivity contribution in [3.63, 3.8) is 0 Å². The van der Waals surface area contributed by atoms with Gasteiger partial charge in [-0.05, 0) is 17.7 Å². The van der Waals surface area contributed by atoms with E-state index >= 15 is 0 Å². The lowest BCUT2D eigenvalue weighted by Crippen LogP contribution is -2.62. The number of nitrogens with one attached hydrogen (secondary N) is 1. The highest BCUT2D eigenvalue weighted by Gasteiger charge is 2.38. The summed E-state index contributed by atoms with van der Waals surface area (Å²) in [6.45, 7) is 0.956. The molecular formula is C10H10ClF3N2. The zero-order valence-corrected chi connectivity index (χ0v) is 8.99. The molecule has 1 aromatic carbocycles. The molecule has 0 bridgehead atoms. The highest BCUT2D eigenvalue weighted by atomic mass is 35.5. The van der Waals surface area contributed by atoms with E-state index in [9.17, 15) is 13.2 Å². The van der Waals surface area contributed by atoms with Crippen LogP contribution in [-0.4, -0.2) is 13.1 Å². The molecule has 0 spiro atoms. The summed E-state index contributed by atoms with van der Waals surface area (Å²) in [5, 5.41) is 2.63. The van der Waals surface area contributed by atoms with Crippen molar-refractivity contribution in [1.82, 2.24) is 5.32 Å². The average Bonchev–Trinajstić information content (AvgIpc) is 2.13. The molecule has 0 amide bonds.